The summed E-state index contributed by atoms with van der Waals surface area (Å²) in [6.07, 6.45) is 0.527. The monoisotopic (exact) mass is 406 g/mol. The normalized spacial score (nSPS) is 16.5. The van der Waals surface area contributed by atoms with Gasteiger partial charge in [-0.25, -0.2) is 0 Å². The van der Waals surface area contributed by atoms with Gasteiger partial charge in [-0.05, 0) is 35.2 Å². The molecule has 0 bridgehead atoms. The van der Waals surface area contributed by atoms with Gasteiger partial charge in [0.15, 0.2) is 0 Å². The molecule has 2 aromatic rings. The standard InChI is InChI=1S/C20H20Cl2N2O3/c1-27-20(26)18-8-13-4-2-3-5-15(13)11-24(18)12-19(25)23-10-14-6-7-16(21)9-17(14)22/h2-7,9,18H,8,10-12H2,1H3,(H,23,25)/t18-/m1/s1. The van der Waals surface area contributed by atoms with E-state index in [9.17, 15) is 9.59 Å². The van der Waals surface area contributed by atoms with Crippen LogP contribution < -0.4 is 5.32 Å². The molecule has 1 atom stereocenters. The zero-order valence-electron chi connectivity index (χ0n) is 14.9. The highest BCUT2D eigenvalue weighted by molar-refractivity contribution is 6.35. The van der Waals surface area contributed by atoms with Crippen molar-refractivity contribution in [3.63, 3.8) is 0 Å². The van der Waals surface area contributed by atoms with Crippen LogP contribution in [0.4, 0.5) is 0 Å². The number of halogens is 2. The molecule has 1 amide bonds. The minimum atomic E-state index is -0.477. The Kier molecular flexibility index (Phi) is 6.37. The minimum absolute atomic E-state index is 0.0965. The van der Waals surface area contributed by atoms with Gasteiger partial charge in [-0.3, -0.25) is 14.5 Å². The Morgan fingerprint density at radius 1 is 1.19 bits per heavy atom. The molecule has 1 aliphatic heterocycles. The Morgan fingerprint density at radius 3 is 2.63 bits per heavy atom. The molecule has 0 saturated heterocycles. The fraction of sp³-hybridized carbons (Fsp3) is 0.300. The van der Waals surface area contributed by atoms with Gasteiger partial charge in [0.25, 0.3) is 0 Å². The van der Waals surface area contributed by atoms with Gasteiger partial charge in [-0.15, -0.1) is 0 Å². The van der Waals surface area contributed by atoms with Crippen LogP contribution in [0.2, 0.25) is 10.0 Å². The number of hydrogen-bond acceptors (Lipinski definition) is 4. The van der Waals surface area contributed by atoms with E-state index in [0.29, 0.717) is 29.6 Å². The number of methoxy groups -OCH3 is 1. The molecule has 5 nitrogen and oxygen atoms in total. The molecule has 0 aromatic heterocycles. The van der Waals surface area contributed by atoms with E-state index in [1.54, 1.807) is 18.2 Å². The maximum absolute atomic E-state index is 12.5. The van der Waals surface area contributed by atoms with Crippen LogP contribution in [0, 0.1) is 0 Å². The highest BCUT2D eigenvalue weighted by Gasteiger charge is 2.33. The number of ether oxygens (including phenoxy) is 1. The van der Waals surface area contributed by atoms with E-state index in [2.05, 4.69) is 5.32 Å². The summed E-state index contributed by atoms with van der Waals surface area (Å²) in [5, 5.41) is 3.89. The number of benzene rings is 2. The first-order valence-electron chi connectivity index (χ1n) is 8.57. The Labute approximate surface area is 168 Å². The molecule has 142 valence electrons. The van der Waals surface area contributed by atoms with Crippen molar-refractivity contribution < 1.29 is 14.3 Å². The summed E-state index contributed by atoms with van der Waals surface area (Å²) in [5.74, 6) is -0.521. The van der Waals surface area contributed by atoms with E-state index in [1.165, 1.54) is 7.11 Å². The number of rotatable bonds is 5. The van der Waals surface area contributed by atoms with Crippen molar-refractivity contribution in [2.24, 2.45) is 0 Å². The van der Waals surface area contributed by atoms with Gasteiger partial charge < -0.3 is 10.1 Å². The van der Waals surface area contributed by atoms with Gasteiger partial charge in [-0.1, -0.05) is 53.5 Å². The van der Waals surface area contributed by atoms with Crippen LogP contribution in [0.3, 0.4) is 0 Å². The minimum Gasteiger partial charge on any atom is -0.468 e. The quantitative estimate of drug-likeness (QED) is 0.774. The second-order valence-corrected chi connectivity index (χ2v) is 7.27. The van der Waals surface area contributed by atoms with Crippen molar-refractivity contribution in [2.45, 2.75) is 25.6 Å². The smallest absolute Gasteiger partial charge is 0.323 e. The summed E-state index contributed by atoms with van der Waals surface area (Å²) in [7, 11) is 1.36. The highest BCUT2D eigenvalue weighted by atomic mass is 35.5. The predicted octanol–water partition coefficient (Wildman–Crippen LogP) is 3.21. The zero-order valence-corrected chi connectivity index (χ0v) is 16.4. The molecule has 7 heteroatoms. The second kappa shape index (κ2) is 8.74. The summed E-state index contributed by atoms with van der Waals surface area (Å²) in [5.41, 5.74) is 3.01. The molecular formula is C20H20Cl2N2O3. The first-order valence-corrected chi connectivity index (χ1v) is 9.33. The largest absolute Gasteiger partial charge is 0.468 e. The molecule has 0 unspecified atom stereocenters. The average Bonchev–Trinajstić information content (AvgIpc) is 2.66. The molecule has 0 radical (unpaired) electrons. The second-order valence-electron chi connectivity index (χ2n) is 6.43. The zero-order chi connectivity index (χ0) is 19.4. The molecule has 1 heterocycles. The fourth-order valence-corrected chi connectivity index (χ4v) is 3.69. The van der Waals surface area contributed by atoms with Gasteiger partial charge in [0.1, 0.15) is 6.04 Å². The lowest BCUT2D eigenvalue weighted by Gasteiger charge is -2.34. The highest BCUT2D eigenvalue weighted by Crippen LogP contribution is 2.24. The third-order valence-electron chi connectivity index (χ3n) is 4.66. The number of nitrogens with one attached hydrogen (secondary N) is 1. The molecule has 1 N–H and O–H groups in total. The van der Waals surface area contributed by atoms with Crippen molar-refractivity contribution >= 4 is 35.1 Å². The third-order valence-corrected chi connectivity index (χ3v) is 5.24. The molecule has 2 aromatic carbocycles. The molecule has 27 heavy (non-hydrogen) atoms. The summed E-state index contributed by atoms with van der Waals surface area (Å²) < 4.78 is 4.93. The lowest BCUT2D eigenvalue weighted by Crippen LogP contribution is -2.49. The first kappa shape index (κ1) is 19.7. The van der Waals surface area contributed by atoms with Crippen molar-refractivity contribution in [1.29, 1.82) is 0 Å². The number of amides is 1. The topological polar surface area (TPSA) is 58.6 Å². The Hall–Kier alpha value is -2.08. The van der Waals surface area contributed by atoms with Crippen LogP contribution in [-0.2, 0) is 33.8 Å². The van der Waals surface area contributed by atoms with Crippen LogP contribution in [-0.4, -0.2) is 36.5 Å². The maximum Gasteiger partial charge on any atom is 0.323 e. The van der Waals surface area contributed by atoms with Crippen LogP contribution >= 0.6 is 23.2 Å². The molecule has 0 saturated carbocycles. The van der Waals surface area contributed by atoms with Crippen molar-refractivity contribution in [3.05, 3.63) is 69.2 Å². The number of nitrogens with zero attached hydrogens (tertiary/aromatic N) is 1. The number of carbonyl (C=O) groups excluding carboxylic acids is 2. The average molecular weight is 407 g/mol. The van der Waals surface area contributed by atoms with Gasteiger partial charge in [-0.2, -0.15) is 0 Å². The van der Waals surface area contributed by atoms with Crippen molar-refractivity contribution in [2.75, 3.05) is 13.7 Å². The lowest BCUT2D eigenvalue weighted by atomic mass is 9.94. The number of hydrogen-bond donors (Lipinski definition) is 1. The number of fused-ring (bicyclic) bond motifs is 1. The van der Waals surface area contributed by atoms with Crippen molar-refractivity contribution in [3.8, 4) is 0 Å². The number of carbonyl (C=O) groups is 2. The van der Waals surface area contributed by atoms with E-state index < -0.39 is 6.04 Å². The van der Waals surface area contributed by atoms with Gasteiger partial charge in [0.2, 0.25) is 5.91 Å². The van der Waals surface area contributed by atoms with Gasteiger partial charge in [0.05, 0.1) is 13.7 Å². The Bertz CT molecular complexity index is 857. The SMILES string of the molecule is COC(=O)[C@H]1Cc2ccccc2CN1CC(=O)NCc1ccc(Cl)cc1Cl. The molecule has 1 aliphatic rings. The van der Waals surface area contributed by atoms with Gasteiger partial charge in [0, 0.05) is 23.1 Å². The summed E-state index contributed by atoms with van der Waals surface area (Å²) in [6.45, 7) is 0.909. The lowest BCUT2D eigenvalue weighted by molar-refractivity contribution is -0.148. The third kappa shape index (κ3) is 4.80. The molecule has 3 rings (SSSR count). The summed E-state index contributed by atoms with van der Waals surface area (Å²) in [6, 6.07) is 12.6. The first-order chi connectivity index (χ1) is 13.0. The van der Waals surface area contributed by atoms with E-state index in [4.69, 9.17) is 27.9 Å². The fourth-order valence-electron chi connectivity index (χ4n) is 3.21. The van der Waals surface area contributed by atoms with Crippen LogP contribution in [0.1, 0.15) is 16.7 Å². The van der Waals surface area contributed by atoms with Crippen LogP contribution in [0.15, 0.2) is 42.5 Å². The van der Waals surface area contributed by atoms with E-state index in [0.717, 1.165) is 16.7 Å². The molecule has 0 fully saturated rings. The van der Waals surface area contributed by atoms with Crippen LogP contribution in [0.5, 0.6) is 0 Å². The molecule has 0 spiro atoms. The van der Waals surface area contributed by atoms with Crippen molar-refractivity contribution in [1.82, 2.24) is 10.2 Å². The van der Waals surface area contributed by atoms with E-state index in [-0.39, 0.29) is 18.4 Å². The summed E-state index contributed by atoms with van der Waals surface area (Å²) >= 11 is 12.0. The molecular weight excluding hydrogens is 387 g/mol. The van der Waals surface area contributed by atoms with Crippen LogP contribution in [0.25, 0.3) is 0 Å². The maximum atomic E-state index is 12.5. The Balaban J connectivity index is 1.66. The van der Waals surface area contributed by atoms with Gasteiger partial charge >= 0.3 is 5.97 Å². The summed E-state index contributed by atoms with van der Waals surface area (Å²) in [4.78, 5) is 26.5. The predicted molar refractivity (Wildman–Crippen MR) is 105 cm³/mol. The van der Waals surface area contributed by atoms with E-state index in [1.807, 2.05) is 29.2 Å². The number of esters is 1. The van der Waals surface area contributed by atoms with E-state index >= 15 is 0 Å². The molecule has 0 aliphatic carbocycles. The Morgan fingerprint density at radius 2 is 1.93 bits per heavy atom.